The number of amides is 1. The molecule has 1 aliphatic heterocycles. The van der Waals surface area contributed by atoms with E-state index in [0.717, 1.165) is 11.1 Å². The highest BCUT2D eigenvalue weighted by atomic mass is 19.3. The minimum atomic E-state index is -2.71. The first-order valence-electron chi connectivity index (χ1n) is 8.67. The maximum Gasteiger partial charge on any atom is 0.267 e. The largest absolute Gasteiger partial charge is 0.369 e. The lowest BCUT2D eigenvalue weighted by atomic mass is 9.84. The summed E-state index contributed by atoms with van der Waals surface area (Å²) in [5, 5.41) is 0. The number of carbonyl (C=O) groups excluding carboxylic acids is 1. The number of alkyl halides is 2. The van der Waals surface area contributed by atoms with E-state index in [1.807, 2.05) is 6.07 Å². The van der Waals surface area contributed by atoms with E-state index in [4.69, 9.17) is 5.73 Å². The fourth-order valence-corrected chi connectivity index (χ4v) is 3.30. The Labute approximate surface area is 165 Å². The minimum Gasteiger partial charge on any atom is -0.369 e. The van der Waals surface area contributed by atoms with Crippen molar-refractivity contribution in [2.24, 2.45) is 10.7 Å². The molecule has 0 fully saturated rings. The third kappa shape index (κ3) is 3.00. The van der Waals surface area contributed by atoms with Crippen LogP contribution in [-0.4, -0.2) is 38.8 Å². The Hall–Kier alpha value is -3.75. The quantitative estimate of drug-likeness (QED) is 0.733. The first-order chi connectivity index (χ1) is 13.9. The Balaban J connectivity index is 1.95. The number of pyridine rings is 1. The smallest absolute Gasteiger partial charge is 0.267 e. The molecule has 0 saturated heterocycles. The number of hydrogen-bond acceptors (Lipinski definition) is 6. The molecular formula is C20H16F2N6O. The molecule has 4 rings (SSSR count). The summed E-state index contributed by atoms with van der Waals surface area (Å²) in [5.74, 6) is -0.497. The van der Waals surface area contributed by atoms with Gasteiger partial charge in [-0.3, -0.25) is 14.7 Å². The van der Waals surface area contributed by atoms with Crippen LogP contribution in [0.15, 0.2) is 66.3 Å². The van der Waals surface area contributed by atoms with Crippen LogP contribution in [0.3, 0.4) is 0 Å². The summed E-state index contributed by atoms with van der Waals surface area (Å²) < 4.78 is 26.6. The van der Waals surface area contributed by atoms with E-state index in [0.29, 0.717) is 5.56 Å². The minimum absolute atomic E-state index is 0.0207. The number of benzene rings is 1. The van der Waals surface area contributed by atoms with Gasteiger partial charge in [0.2, 0.25) is 5.54 Å². The van der Waals surface area contributed by atoms with Gasteiger partial charge in [0.05, 0.1) is 5.69 Å². The fraction of sp³-hybridized carbons (Fsp3) is 0.150. The Kier molecular flexibility index (Phi) is 4.50. The monoisotopic (exact) mass is 394 g/mol. The summed E-state index contributed by atoms with van der Waals surface area (Å²) >= 11 is 0. The van der Waals surface area contributed by atoms with E-state index < -0.39 is 17.9 Å². The van der Waals surface area contributed by atoms with Crippen LogP contribution in [0, 0.1) is 0 Å². The van der Waals surface area contributed by atoms with Crippen LogP contribution in [0.5, 0.6) is 0 Å². The number of likely N-dealkylation sites (N-methyl/N-ethyl adjacent to an activating group) is 1. The highest BCUT2D eigenvalue weighted by molar-refractivity contribution is 6.08. The summed E-state index contributed by atoms with van der Waals surface area (Å²) in [5.41, 5.74) is 6.02. The molecule has 0 aliphatic carbocycles. The number of nitrogens with zero attached hydrogens (tertiary/aromatic N) is 5. The molecular weight excluding hydrogens is 378 g/mol. The number of nitrogens with two attached hydrogens (primary N) is 1. The van der Waals surface area contributed by atoms with Crippen molar-refractivity contribution in [2.75, 3.05) is 7.05 Å². The van der Waals surface area contributed by atoms with Crippen molar-refractivity contribution < 1.29 is 13.6 Å². The zero-order valence-electron chi connectivity index (χ0n) is 15.3. The number of guanidine groups is 1. The first kappa shape index (κ1) is 18.6. The SMILES string of the molecule is CN1C(=O)C(c2cccc(-c3cncnc3)c2)(c2cc(C(F)F)ccn2)N=C1N. The number of halogens is 2. The van der Waals surface area contributed by atoms with Crippen LogP contribution in [-0.2, 0) is 10.3 Å². The van der Waals surface area contributed by atoms with Gasteiger partial charge in [-0.05, 0) is 29.3 Å². The highest BCUT2D eigenvalue weighted by Gasteiger charge is 2.51. The summed E-state index contributed by atoms with van der Waals surface area (Å²) in [6, 6.07) is 9.40. The summed E-state index contributed by atoms with van der Waals surface area (Å²) in [6.45, 7) is 0. The zero-order valence-corrected chi connectivity index (χ0v) is 15.3. The van der Waals surface area contributed by atoms with E-state index in [9.17, 15) is 13.6 Å². The van der Waals surface area contributed by atoms with Crippen LogP contribution in [0.4, 0.5) is 8.78 Å². The standard InChI is InChI=1S/C20H16F2N6O/c1-28-18(29)20(27-19(28)23,16-8-13(17(21)22)5-6-26-16)15-4-2-3-12(7-15)14-9-24-11-25-10-14/h2-11,17H,1H3,(H2,23,27). The number of rotatable bonds is 4. The molecule has 146 valence electrons. The number of hydrogen-bond donors (Lipinski definition) is 1. The van der Waals surface area contributed by atoms with Gasteiger partial charge in [0.25, 0.3) is 12.3 Å². The molecule has 1 unspecified atom stereocenters. The van der Waals surface area contributed by atoms with Crippen LogP contribution < -0.4 is 5.73 Å². The molecule has 2 N–H and O–H groups in total. The van der Waals surface area contributed by atoms with Crippen molar-refractivity contribution in [1.29, 1.82) is 0 Å². The molecule has 1 atom stereocenters. The van der Waals surface area contributed by atoms with Gasteiger partial charge in [-0.25, -0.2) is 23.7 Å². The van der Waals surface area contributed by atoms with Crippen molar-refractivity contribution in [3.63, 3.8) is 0 Å². The molecule has 2 aromatic heterocycles. The predicted octanol–water partition coefficient (Wildman–Crippen LogP) is 2.51. The molecule has 9 heteroatoms. The lowest BCUT2D eigenvalue weighted by molar-refractivity contribution is -0.129. The third-order valence-electron chi connectivity index (χ3n) is 4.82. The van der Waals surface area contributed by atoms with Crippen molar-refractivity contribution in [2.45, 2.75) is 12.0 Å². The van der Waals surface area contributed by atoms with Crippen molar-refractivity contribution in [3.05, 3.63) is 78.1 Å². The Morgan fingerprint density at radius 3 is 2.52 bits per heavy atom. The molecule has 7 nitrogen and oxygen atoms in total. The van der Waals surface area contributed by atoms with E-state index in [-0.39, 0.29) is 17.2 Å². The number of aliphatic imine (C=N–C) groups is 1. The molecule has 3 heterocycles. The maximum atomic E-state index is 13.3. The van der Waals surface area contributed by atoms with Gasteiger partial charge in [0.1, 0.15) is 6.33 Å². The van der Waals surface area contributed by atoms with Gasteiger partial charge in [-0.1, -0.05) is 18.2 Å². The van der Waals surface area contributed by atoms with E-state index in [2.05, 4.69) is 19.9 Å². The van der Waals surface area contributed by atoms with Crippen LogP contribution in [0.1, 0.15) is 23.2 Å². The fourth-order valence-electron chi connectivity index (χ4n) is 3.30. The molecule has 0 saturated carbocycles. The van der Waals surface area contributed by atoms with E-state index >= 15 is 0 Å². The molecule has 29 heavy (non-hydrogen) atoms. The number of aromatic nitrogens is 3. The molecule has 0 spiro atoms. The lowest BCUT2D eigenvalue weighted by Crippen LogP contribution is -2.41. The van der Waals surface area contributed by atoms with Crippen LogP contribution in [0.25, 0.3) is 11.1 Å². The first-order valence-corrected chi connectivity index (χ1v) is 8.67. The Morgan fingerprint density at radius 2 is 1.86 bits per heavy atom. The molecule has 3 aromatic rings. The van der Waals surface area contributed by atoms with Crippen molar-refractivity contribution >= 4 is 11.9 Å². The molecule has 0 radical (unpaired) electrons. The number of carbonyl (C=O) groups is 1. The zero-order chi connectivity index (χ0) is 20.6. The molecule has 1 aromatic carbocycles. The average molecular weight is 394 g/mol. The van der Waals surface area contributed by atoms with Gasteiger partial charge >= 0.3 is 0 Å². The average Bonchev–Trinajstić information content (AvgIpc) is 2.99. The van der Waals surface area contributed by atoms with Crippen molar-refractivity contribution in [1.82, 2.24) is 19.9 Å². The third-order valence-corrected chi connectivity index (χ3v) is 4.82. The normalized spacial score (nSPS) is 19.0. The van der Waals surface area contributed by atoms with Gasteiger partial charge in [0, 0.05) is 36.8 Å². The predicted molar refractivity (Wildman–Crippen MR) is 102 cm³/mol. The van der Waals surface area contributed by atoms with E-state index in [1.165, 1.54) is 36.6 Å². The van der Waals surface area contributed by atoms with Gasteiger partial charge in [-0.2, -0.15) is 0 Å². The highest BCUT2D eigenvalue weighted by Crippen LogP contribution is 2.40. The second-order valence-corrected chi connectivity index (χ2v) is 6.53. The van der Waals surface area contributed by atoms with Crippen LogP contribution >= 0.6 is 0 Å². The molecule has 1 aliphatic rings. The van der Waals surface area contributed by atoms with Gasteiger partial charge < -0.3 is 5.73 Å². The molecule has 1 amide bonds. The van der Waals surface area contributed by atoms with Crippen molar-refractivity contribution in [3.8, 4) is 11.1 Å². The Bertz CT molecular complexity index is 1100. The summed E-state index contributed by atoms with van der Waals surface area (Å²) in [4.78, 5) is 31.0. The Morgan fingerprint density at radius 1 is 1.10 bits per heavy atom. The lowest BCUT2D eigenvalue weighted by Gasteiger charge is -2.25. The topological polar surface area (TPSA) is 97.4 Å². The van der Waals surface area contributed by atoms with Gasteiger partial charge in [0.15, 0.2) is 5.96 Å². The molecule has 0 bridgehead atoms. The second kappa shape index (κ2) is 7.01. The van der Waals surface area contributed by atoms with Crippen LogP contribution in [0.2, 0.25) is 0 Å². The van der Waals surface area contributed by atoms with E-state index in [1.54, 1.807) is 30.6 Å². The van der Waals surface area contributed by atoms with Gasteiger partial charge in [-0.15, -0.1) is 0 Å². The second-order valence-electron chi connectivity index (χ2n) is 6.53. The maximum absolute atomic E-state index is 13.3. The summed E-state index contributed by atoms with van der Waals surface area (Å²) in [6.07, 6.45) is 3.21. The summed E-state index contributed by atoms with van der Waals surface area (Å²) in [7, 11) is 1.48.